The molecule has 1 fully saturated rings. The summed E-state index contributed by atoms with van der Waals surface area (Å²) in [7, 11) is 1.62. The van der Waals surface area contributed by atoms with Crippen LogP contribution in [0.25, 0.3) is 0 Å². The van der Waals surface area contributed by atoms with Gasteiger partial charge in [0, 0.05) is 19.0 Å². The second-order valence-electron chi connectivity index (χ2n) is 5.59. The van der Waals surface area contributed by atoms with Crippen LogP contribution in [0, 0.1) is 0 Å². The fourth-order valence-electron chi connectivity index (χ4n) is 3.02. The SMILES string of the molecule is CCC1CCCCN1CCC(=O)Nc1ccccc1OC. The summed E-state index contributed by atoms with van der Waals surface area (Å²) in [6.45, 7) is 4.21. The fourth-order valence-corrected chi connectivity index (χ4v) is 3.02. The van der Waals surface area contributed by atoms with Crippen molar-refractivity contribution in [2.24, 2.45) is 0 Å². The smallest absolute Gasteiger partial charge is 0.225 e. The lowest BCUT2D eigenvalue weighted by Crippen LogP contribution is -2.40. The molecule has 1 unspecified atom stereocenters. The van der Waals surface area contributed by atoms with E-state index >= 15 is 0 Å². The highest BCUT2D eigenvalue weighted by Crippen LogP contribution is 2.23. The van der Waals surface area contributed by atoms with Gasteiger partial charge in [0.15, 0.2) is 0 Å². The number of likely N-dealkylation sites (tertiary alicyclic amines) is 1. The number of rotatable bonds is 6. The number of hydrogen-bond acceptors (Lipinski definition) is 3. The van der Waals surface area contributed by atoms with Gasteiger partial charge in [-0.05, 0) is 37.9 Å². The topological polar surface area (TPSA) is 41.6 Å². The van der Waals surface area contributed by atoms with Crippen molar-refractivity contribution in [2.45, 2.75) is 45.1 Å². The second kappa shape index (κ2) is 8.03. The molecular formula is C17H26N2O2. The molecule has 1 N–H and O–H groups in total. The van der Waals surface area contributed by atoms with Crippen molar-refractivity contribution in [3.05, 3.63) is 24.3 Å². The number of piperidine rings is 1. The number of amides is 1. The van der Waals surface area contributed by atoms with Crippen LogP contribution in [0.3, 0.4) is 0 Å². The van der Waals surface area contributed by atoms with Gasteiger partial charge in [-0.15, -0.1) is 0 Å². The Hall–Kier alpha value is -1.55. The highest BCUT2D eigenvalue weighted by Gasteiger charge is 2.21. The van der Waals surface area contributed by atoms with Crippen LogP contribution in [0.5, 0.6) is 5.75 Å². The molecule has 0 radical (unpaired) electrons. The maximum absolute atomic E-state index is 12.1. The number of hydrogen-bond donors (Lipinski definition) is 1. The van der Waals surface area contributed by atoms with Gasteiger partial charge in [0.2, 0.25) is 5.91 Å². The van der Waals surface area contributed by atoms with Gasteiger partial charge >= 0.3 is 0 Å². The van der Waals surface area contributed by atoms with Crippen molar-refractivity contribution in [2.75, 3.05) is 25.5 Å². The molecule has 0 spiro atoms. The Morgan fingerprint density at radius 3 is 2.95 bits per heavy atom. The molecule has 1 aliphatic heterocycles. The molecule has 0 bridgehead atoms. The normalized spacial score (nSPS) is 19.2. The number of para-hydroxylation sites is 2. The minimum absolute atomic E-state index is 0.0555. The highest BCUT2D eigenvalue weighted by molar-refractivity contribution is 5.92. The van der Waals surface area contributed by atoms with Gasteiger partial charge in [-0.2, -0.15) is 0 Å². The number of anilines is 1. The summed E-state index contributed by atoms with van der Waals surface area (Å²) in [5.74, 6) is 0.759. The minimum atomic E-state index is 0.0555. The van der Waals surface area contributed by atoms with Crippen molar-refractivity contribution < 1.29 is 9.53 Å². The number of benzene rings is 1. The molecule has 1 heterocycles. The van der Waals surface area contributed by atoms with E-state index < -0.39 is 0 Å². The summed E-state index contributed by atoms with van der Waals surface area (Å²) in [6, 6.07) is 8.17. The van der Waals surface area contributed by atoms with Crippen LogP contribution in [0.4, 0.5) is 5.69 Å². The van der Waals surface area contributed by atoms with Crippen LogP contribution in [0.2, 0.25) is 0 Å². The first-order valence-corrected chi connectivity index (χ1v) is 7.91. The van der Waals surface area contributed by atoms with Crippen LogP contribution in [-0.2, 0) is 4.79 Å². The van der Waals surface area contributed by atoms with E-state index in [0.717, 1.165) is 18.8 Å². The molecule has 1 saturated heterocycles. The Balaban J connectivity index is 1.84. The molecule has 0 saturated carbocycles. The number of ether oxygens (including phenoxy) is 1. The minimum Gasteiger partial charge on any atom is -0.495 e. The number of carbonyl (C=O) groups excluding carboxylic acids is 1. The molecule has 0 aliphatic carbocycles. The summed E-state index contributed by atoms with van der Waals surface area (Å²) in [6.07, 6.45) is 5.56. The molecule has 21 heavy (non-hydrogen) atoms. The van der Waals surface area contributed by atoms with E-state index in [9.17, 15) is 4.79 Å². The Bertz CT molecular complexity index is 462. The van der Waals surface area contributed by atoms with E-state index in [0.29, 0.717) is 18.2 Å². The largest absolute Gasteiger partial charge is 0.495 e. The maximum Gasteiger partial charge on any atom is 0.225 e. The van der Waals surface area contributed by atoms with Crippen molar-refractivity contribution in [1.29, 1.82) is 0 Å². The summed E-state index contributed by atoms with van der Waals surface area (Å²) in [4.78, 5) is 14.6. The third kappa shape index (κ3) is 4.46. The van der Waals surface area contributed by atoms with Gasteiger partial charge in [-0.1, -0.05) is 25.5 Å². The van der Waals surface area contributed by atoms with Gasteiger partial charge < -0.3 is 10.1 Å². The van der Waals surface area contributed by atoms with E-state index in [1.54, 1.807) is 7.11 Å². The van der Waals surface area contributed by atoms with E-state index in [4.69, 9.17) is 4.74 Å². The van der Waals surface area contributed by atoms with Crippen molar-refractivity contribution >= 4 is 11.6 Å². The average Bonchev–Trinajstić information content (AvgIpc) is 2.53. The molecule has 1 amide bonds. The zero-order chi connectivity index (χ0) is 15.1. The van der Waals surface area contributed by atoms with Crippen molar-refractivity contribution in [1.82, 2.24) is 4.90 Å². The molecule has 1 aliphatic rings. The zero-order valence-electron chi connectivity index (χ0n) is 13.1. The van der Waals surface area contributed by atoms with E-state index in [2.05, 4.69) is 17.1 Å². The standard InChI is InChI=1S/C17H26N2O2/c1-3-14-8-6-7-12-19(14)13-11-17(20)18-15-9-4-5-10-16(15)21-2/h4-5,9-10,14H,3,6-8,11-13H2,1-2H3,(H,18,20). The maximum atomic E-state index is 12.1. The molecular weight excluding hydrogens is 264 g/mol. The number of carbonyl (C=O) groups is 1. The lowest BCUT2D eigenvalue weighted by molar-refractivity contribution is -0.116. The highest BCUT2D eigenvalue weighted by atomic mass is 16.5. The quantitative estimate of drug-likeness (QED) is 0.874. The molecule has 4 nitrogen and oxygen atoms in total. The lowest BCUT2D eigenvalue weighted by atomic mass is 10.00. The monoisotopic (exact) mass is 290 g/mol. The molecule has 1 atom stereocenters. The molecule has 0 aromatic heterocycles. The Morgan fingerprint density at radius 2 is 2.19 bits per heavy atom. The van der Waals surface area contributed by atoms with Crippen LogP contribution >= 0.6 is 0 Å². The Labute approximate surface area is 127 Å². The molecule has 1 aromatic rings. The third-order valence-electron chi connectivity index (χ3n) is 4.23. The summed E-state index contributed by atoms with van der Waals surface area (Å²) < 4.78 is 5.25. The van der Waals surface area contributed by atoms with E-state index in [1.807, 2.05) is 24.3 Å². The Morgan fingerprint density at radius 1 is 1.38 bits per heavy atom. The first kappa shape index (κ1) is 15.8. The fraction of sp³-hybridized carbons (Fsp3) is 0.588. The summed E-state index contributed by atoms with van der Waals surface area (Å²) in [5, 5.41) is 2.94. The number of methoxy groups -OCH3 is 1. The van der Waals surface area contributed by atoms with Crippen molar-refractivity contribution in [3.8, 4) is 5.75 Å². The van der Waals surface area contributed by atoms with Gasteiger partial charge in [0.1, 0.15) is 5.75 Å². The average molecular weight is 290 g/mol. The number of nitrogens with one attached hydrogen (secondary N) is 1. The molecule has 4 heteroatoms. The van der Waals surface area contributed by atoms with Crippen LogP contribution in [0.1, 0.15) is 39.0 Å². The predicted octanol–water partition coefficient (Wildman–Crippen LogP) is 3.29. The Kier molecular flexibility index (Phi) is 6.05. The summed E-state index contributed by atoms with van der Waals surface area (Å²) >= 11 is 0. The lowest BCUT2D eigenvalue weighted by Gasteiger charge is -2.35. The van der Waals surface area contributed by atoms with Gasteiger partial charge in [0.05, 0.1) is 12.8 Å². The molecule has 1 aromatic carbocycles. The van der Waals surface area contributed by atoms with Gasteiger partial charge in [0.25, 0.3) is 0 Å². The number of nitrogens with zero attached hydrogens (tertiary/aromatic N) is 1. The second-order valence-corrected chi connectivity index (χ2v) is 5.59. The first-order chi connectivity index (χ1) is 10.2. The van der Waals surface area contributed by atoms with E-state index in [1.165, 1.54) is 25.7 Å². The van der Waals surface area contributed by atoms with Crippen molar-refractivity contribution in [3.63, 3.8) is 0 Å². The van der Waals surface area contributed by atoms with Crippen LogP contribution in [-0.4, -0.2) is 37.0 Å². The zero-order valence-corrected chi connectivity index (χ0v) is 13.1. The van der Waals surface area contributed by atoms with Gasteiger partial charge in [-0.3, -0.25) is 9.69 Å². The van der Waals surface area contributed by atoms with Crippen LogP contribution in [0.15, 0.2) is 24.3 Å². The summed E-state index contributed by atoms with van der Waals surface area (Å²) in [5.41, 5.74) is 0.746. The predicted molar refractivity (Wildman–Crippen MR) is 85.7 cm³/mol. The van der Waals surface area contributed by atoms with Crippen LogP contribution < -0.4 is 10.1 Å². The molecule has 116 valence electrons. The first-order valence-electron chi connectivity index (χ1n) is 7.91. The van der Waals surface area contributed by atoms with E-state index in [-0.39, 0.29) is 5.91 Å². The molecule has 2 rings (SSSR count). The third-order valence-corrected chi connectivity index (χ3v) is 4.23. The van der Waals surface area contributed by atoms with Gasteiger partial charge in [-0.25, -0.2) is 0 Å².